The highest BCUT2D eigenvalue weighted by Crippen LogP contribution is 2.16. The first kappa shape index (κ1) is 11.7. The van der Waals surface area contributed by atoms with Crippen LogP contribution in [-0.2, 0) is 11.2 Å². The van der Waals surface area contributed by atoms with Gasteiger partial charge in [0.1, 0.15) is 11.5 Å². The minimum Gasteiger partial charge on any atom is -0.496 e. The molecule has 3 heteroatoms. The summed E-state index contributed by atoms with van der Waals surface area (Å²) in [6.07, 6.45) is 0.872. The van der Waals surface area contributed by atoms with Gasteiger partial charge in [0.15, 0.2) is 0 Å². The lowest BCUT2D eigenvalue weighted by atomic mass is 10.1. The maximum atomic E-state index is 10.7. The molecule has 82 valence electrons. The van der Waals surface area contributed by atoms with Gasteiger partial charge in [0.25, 0.3) is 0 Å². The van der Waals surface area contributed by atoms with Crippen molar-refractivity contribution in [2.24, 2.45) is 0 Å². The van der Waals surface area contributed by atoms with E-state index in [9.17, 15) is 4.79 Å². The zero-order valence-electron chi connectivity index (χ0n) is 9.25. The van der Waals surface area contributed by atoms with E-state index in [2.05, 4.69) is 5.32 Å². The molecule has 0 fully saturated rings. The first-order valence-corrected chi connectivity index (χ1v) is 5.06. The van der Waals surface area contributed by atoms with Crippen LogP contribution in [0.15, 0.2) is 24.3 Å². The number of carbonyl (C=O) groups excluding carboxylic acids is 1. The van der Waals surface area contributed by atoms with Crippen molar-refractivity contribution in [3.05, 3.63) is 29.8 Å². The number of Topliss-reactive ketones (excluding diaryl/α,β-unsaturated/α-hetero) is 1. The Morgan fingerprint density at radius 2 is 2.13 bits per heavy atom. The van der Waals surface area contributed by atoms with Crippen molar-refractivity contribution in [1.29, 1.82) is 0 Å². The predicted molar refractivity (Wildman–Crippen MR) is 60.2 cm³/mol. The second-order valence-corrected chi connectivity index (χ2v) is 3.44. The lowest BCUT2D eigenvalue weighted by Gasteiger charge is -2.08. The molecular formula is C12H17NO2. The van der Waals surface area contributed by atoms with Crippen molar-refractivity contribution in [2.75, 3.05) is 20.2 Å². The van der Waals surface area contributed by atoms with E-state index >= 15 is 0 Å². The third-order valence-electron chi connectivity index (χ3n) is 2.14. The Morgan fingerprint density at radius 3 is 2.80 bits per heavy atom. The van der Waals surface area contributed by atoms with Gasteiger partial charge in [-0.2, -0.15) is 0 Å². The van der Waals surface area contributed by atoms with Crippen molar-refractivity contribution in [3.63, 3.8) is 0 Å². The van der Waals surface area contributed by atoms with Crippen LogP contribution in [0.25, 0.3) is 0 Å². The summed E-state index contributed by atoms with van der Waals surface area (Å²) in [6.45, 7) is 2.81. The minimum absolute atomic E-state index is 0.162. The Balaban J connectivity index is 2.39. The van der Waals surface area contributed by atoms with E-state index in [1.165, 1.54) is 0 Å². The largest absolute Gasteiger partial charge is 0.496 e. The molecule has 0 unspecified atom stereocenters. The number of benzene rings is 1. The molecule has 15 heavy (non-hydrogen) atoms. The van der Waals surface area contributed by atoms with E-state index in [-0.39, 0.29) is 5.78 Å². The van der Waals surface area contributed by atoms with Gasteiger partial charge in [-0.3, -0.25) is 4.79 Å². The first-order valence-electron chi connectivity index (χ1n) is 5.06. The van der Waals surface area contributed by atoms with Crippen LogP contribution in [0.1, 0.15) is 12.5 Å². The number of hydrogen-bond acceptors (Lipinski definition) is 3. The molecule has 0 spiro atoms. The molecular weight excluding hydrogens is 190 g/mol. The van der Waals surface area contributed by atoms with Crippen molar-refractivity contribution < 1.29 is 9.53 Å². The zero-order chi connectivity index (χ0) is 11.1. The molecule has 1 rings (SSSR count). The fourth-order valence-electron chi connectivity index (χ4n) is 1.40. The number of methoxy groups -OCH3 is 1. The number of hydrogen-bond donors (Lipinski definition) is 1. The van der Waals surface area contributed by atoms with Crippen LogP contribution < -0.4 is 10.1 Å². The molecule has 0 aliphatic heterocycles. The van der Waals surface area contributed by atoms with Gasteiger partial charge < -0.3 is 10.1 Å². The molecule has 1 aromatic carbocycles. The molecule has 0 aliphatic carbocycles. The highest BCUT2D eigenvalue weighted by molar-refractivity contribution is 5.77. The third-order valence-corrected chi connectivity index (χ3v) is 2.14. The zero-order valence-corrected chi connectivity index (χ0v) is 9.25. The number of para-hydroxylation sites is 1. The predicted octanol–water partition coefficient (Wildman–Crippen LogP) is 1.42. The molecule has 0 radical (unpaired) electrons. The number of ketones is 1. The SMILES string of the molecule is COc1ccccc1CCNCC(C)=O. The standard InChI is InChI=1S/C12H17NO2/c1-10(14)9-13-8-7-11-5-3-4-6-12(11)15-2/h3-6,13H,7-9H2,1-2H3. The molecule has 0 atom stereocenters. The summed E-state index contributed by atoms with van der Waals surface area (Å²) in [5.74, 6) is 1.07. The maximum Gasteiger partial charge on any atom is 0.143 e. The quantitative estimate of drug-likeness (QED) is 0.717. The highest BCUT2D eigenvalue weighted by Gasteiger charge is 2.00. The monoisotopic (exact) mass is 207 g/mol. The fourth-order valence-corrected chi connectivity index (χ4v) is 1.40. The van der Waals surface area contributed by atoms with E-state index in [0.717, 1.165) is 24.3 Å². The summed E-state index contributed by atoms with van der Waals surface area (Å²) in [5.41, 5.74) is 1.16. The summed E-state index contributed by atoms with van der Waals surface area (Å²) in [4.78, 5) is 10.7. The van der Waals surface area contributed by atoms with Crippen LogP contribution in [0.5, 0.6) is 5.75 Å². The molecule has 0 amide bonds. The van der Waals surface area contributed by atoms with Crippen molar-refractivity contribution in [2.45, 2.75) is 13.3 Å². The fraction of sp³-hybridized carbons (Fsp3) is 0.417. The van der Waals surface area contributed by atoms with Crippen molar-refractivity contribution in [1.82, 2.24) is 5.32 Å². The average Bonchev–Trinajstić information content (AvgIpc) is 2.24. The Morgan fingerprint density at radius 1 is 1.40 bits per heavy atom. The third kappa shape index (κ3) is 4.13. The van der Waals surface area contributed by atoms with Crippen LogP contribution in [0.2, 0.25) is 0 Å². The number of ether oxygens (including phenoxy) is 1. The Hall–Kier alpha value is -1.35. The van der Waals surface area contributed by atoms with Crippen molar-refractivity contribution >= 4 is 5.78 Å². The highest BCUT2D eigenvalue weighted by atomic mass is 16.5. The van der Waals surface area contributed by atoms with Gasteiger partial charge in [0.05, 0.1) is 13.7 Å². The molecule has 1 N–H and O–H groups in total. The van der Waals surface area contributed by atoms with E-state index in [0.29, 0.717) is 6.54 Å². The second-order valence-electron chi connectivity index (χ2n) is 3.44. The molecule has 0 saturated heterocycles. The average molecular weight is 207 g/mol. The van der Waals surface area contributed by atoms with Gasteiger partial charge >= 0.3 is 0 Å². The Kier molecular flexibility index (Phi) is 4.84. The topological polar surface area (TPSA) is 38.3 Å². The normalized spacial score (nSPS) is 10.0. The lowest BCUT2D eigenvalue weighted by molar-refractivity contribution is -0.116. The Bertz CT molecular complexity index is 323. The number of rotatable bonds is 6. The minimum atomic E-state index is 0.162. The van der Waals surface area contributed by atoms with Crippen LogP contribution in [-0.4, -0.2) is 26.0 Å². The van der Waals surface area contributed by atoms with Crippen LogP contribution in [0, 0.1) is 0 Å². The molecule has 0 bridgehead atoms. The van der Waals surface area contributed by atoms with Crippen LogP contribution in [0.4, 0.5) is 0 Å². The first-order chi connectivity index (χ1) is 7.24. The summed E-state index contributed by atoms with van der Waals surface area (Å²) < 4.78 is 5.23. The summed E-state index contributed by atoms with van der Waals surface area (Å²) in [7, 11) is 1.67. The summed E-state index contributed by atoms with van der Waals surface area (Å²) in [6, 6.07) is 7.92. The molecule has 1 aromatic rings. The molecule has 0 aromatic heterocycles. The molecule has 0 heterocycles. The van der Waals surface area contributed by atoms with E-state index in [1.54, 1.807) is 14.0 Å². The van der Waals surface area contributed by atoms with E-state index in [1.807, 2.05) is 24.3 Å². The van der Waals surface area contributed by atoms with Crippen LogP contribution >= 0.6 is 0 Å². The van der Waals surface area contributed by atoms with Gasteiger partial charge in [-0.15, -0.1) is 0 Å². The second kappa shape index (κ2) is 6.19. The maximum absolute atomic E-state index is 10.7. The summed E-state index contributed by atoms with van der Waals surface area (Å²) in [5, 5.41) is 3.08. The molecule has 0 saturated carbocycles. The Labute approximate surface area is 90.4 Å². The number of nitrogens with one attached hydrogen (secondary N) is 1. The van der Waals surface area contributed by atoms with Crippen LogP contribution in [0.3, 0.4) is 0 Å². The molecule has 0 aliphatic rings. The van der Waals surface area contributed by atoms with E-state index in [4.69, 9.17) is 4.74 Å². The van der Waals surface area contributed by atoms with Gasteiger partial charge in [-0.1, -0.05) is 18.2 Å². The molecule has 3 nitrogen and oxygen atoms in total. The van der Waals surface area contributed by atoms with Gasteiger partial charge in [0, 0.05) is 0 Å². The van der Waals surface area contributed by atoms with E-state index < -0.39 is 0 Å². The summed E-state index contributed by atoms with van der Waals surface area (Å²) >= 11 is 0. The smallest absolute Gasteiger partial charge is 0.143 e. The van der Waals surface area contributed by atoms with Gasteiger partial charge in [-0.25, -0.2) is 0 Å². The number of carbonyl (C=O) groups is 1. The van der Waals surface area contributed by atoms with Crippen molar-refractivity contribution in [3.8, 4) is 5.75 Å². The van der Waals surface area contributed by atoms with Gasteiger partial charge in [0.2, 0.25) is 0 Å². The van der Waals surface area contributed by atoms with Gasteiger partial charge in [-0.05, 0) is 31.5 Å². The lowest BCUT2D eigenvalue weighted by Crippen LogP contribution is -2.23.